The van der Waals surface area contributed by atoms with Gasteiger partial charge in [-0.05, 0) is 34.1 Å². The standard InChI is InChI=1S/C7H7BrO3S/c1-12(10,11)5-2-3-6(8)7(9)4-5/h2-4,9H,1H3. The van der Waals surface area contributed by atoms with Crippen LogP contribution in [0.1, 0.15) is 0 Å². The summed E-state index contributed by atoms with van der Waals surface area (Å²) in [5.41, 5.74) is 0. The molecule has 0 atom stereocenters. The molecule has 0 unspecified atom stereocenters. The van der Waals surface area contributed by atoms with Crippen LogP contribution in [0.2, 0.25) is 0 Å². The zero-order valence-electron chi connectivity index (χ0n) is 6.28. The lowest BCUT2D eigenvalue weighted by Gasteiger charge is -1.99. The number of rotatable bonds is 1. The Hall–Kier alpha value is -0.550. The van der Waals surface area contributed by atoms with Crippen LogP contribution in [-0.2, 0) is 9.84 Å². The normalized spacial score (nSPS) is 11.5. The molecular formula is C7H7BrO3S. The van der Waals surface area contributed by atoms with E-state index in [1.54, 1.807) is 0 Å². The Morgan fingerprint density at radius 1 is 1.42 bits per heavy atom. The van der Waals surface area contributed by atoms with Gasteiger partial charge in [0, 0.05) is 6.26 Å². The zero-order valence-corrected chi connectivity index (χ0v) is 8.68. The highest BCUT2D eigenvalue weighted by molar-refractivity contribution is 9.10. The van der Waals surface area contributed by atoms with Crippen LogP contribution in [0.25, 0.3) is 0 Å². The van der Waals surface area contributed by atoms with Crippen LogP contribution in [0, 0.1) is 0 Å². The lowest BCUT2D eigenvalue weighted by molar-refractivity contribution is 0.470. The third kappa shape index (κ3) is 1.98. The van der Waals surface area contributed by atoms with E-state index in [2.05, 4.69) is 15.9 Å². The quantitative estimate of drug-likeness (QED) is 0.823. The topological polar surface area (TPSA) is 54.4 Å². The summed E-state index contributed by atoms with van der Waals surface area (Å²) in [5.74, 6) is -0.0714. The molecule has 0 saturated carbocycles. The number of phenolic OH excluding ortho intramolecular Hbond substituents is 1. The minimum Gasteiger partial charge on any atom is -0.507 e. The largest absolute Gasteiger partial charge is 0.507 e. The van der Waals surface area contributed by atoms with E-state index >= 15 is 0 Å². The van der Waals surface area contributed by atoms with E-state index in [-0.39, 0.29) is 10.6 Å². The molecule has 0 aliphatic heterocycles. The Bertz CT molecular complexity index is 397. The maximum atomic E-state index is 11.0. The molecule has 0 fully saturated rings. The predicted molar refractivity (Wildman–Crippen MR) is 48.9 cm³/mol. The molecular weight excluding hydrogens is 244 g/mol. The summed E-state index contributed by atoms with van der Waals surface area (Å²) in [7, 11) is -3.22. The molecule has 0 amide bonds. The van der Waals surface area contributed by atoms with E-state index in [0.29, 0.717) is 4.47 Å². The SMILES string of the molecule is CS(=O)(=O)c1ccc(Br)c(O)c1. The van der Waals surface area contributed by atoms with Crippen LogP contribution >= 0.6 is 15.9 Å². The van der Waals surface area contributed by atoms with Gasteiger partial charge in [0.2, 0.25) is 0 Å². The monoisotopic (exact) mass is 250 g/mol. The van der Waals surface area contributed by atoms with Gasteiger partial charge in [-0.15, -0.1) is 0 Å². The van der Waals surface area contributed by atoms with Gasteiger partial charge in [0.25, 0.3) is 0 Å². The maximum Gasteiger partial charge on any atom is 0.175 e. The molecule has 0 radical (unpaired) electrons. The molecule has 1 aromatic rings. The van der Waals surface area contributed by atoms with E-state index in [1.807, 2.05) is 0 Å². The zero-order chi connectivity index (χ0) is 9.35. The molecule has 0 spiro atoms. The molecule has 0 bridgehead atoms. The van der Waals surface area contributed by atoms with Crippen molar-refractivity contribution in [3.8, 4) is 5.75 Å². The highest BCUT2D eigenvalue weighted by Crippen LogP contribution is 2.26. The first-order valence-electron chi connectivity index (χ1n) is 3.10. The number of aromatic hydroxyl groups is 1. The van der Waals surface area contributed by atoms with Crippen molar-refractivity contribution in [1.29, 1.82) is 0 Å². The average Bonchev–Trinajstić information content (AvgIpc) is 1.92. The summed E-state index contributed by atoms with van der Waals surface area (Å²) in [5, 5.41) is 9.15. The van der Waals surface area contributed by atoms with Gasteiger partial charge in [-0.25, -0.2) is 8.42 Å². The summed E-state index contributed by atoms with van der Waals surface area (Å²) < 4.78 is 22.4. The fraction of sp³-hybridized carbons (Fsp3) is 0.143. The summed E-state index contributed by atoms with van der Waals surface area (Å²) in [4.78, 5) is 0.114. The molecule has 0 aliphatic carbocycles. The second kappa shape index (κ2) is 3.06. The van der Waals surface area contributed by atoms with E-state index in [1.165, 1.54) is 18.2 Å². The van der Waals surface area contributed by atoms with Crippen molar-refractivity contribution < 1.29 is 13.5 Å². The van der Waals surface area contributed by atoms with Crippen LogP contribution in [0.15, 0.2) is 27.6 Å². The summed E-state index contributed by atoms with van der Waals surface area (Å²) in [6.45, 7) is 0. The maximum absolute atomic E-state index is 11.0. The minimum absolute atomic E-state index is 0.0714. The Kier molecular flexibility index (Phi) is 2.44. The number of phenols is 1. The van der Waals surface area contributed by atoms with Crippen molar-refractivity contribution >= 4 is 25.8 Å². The van der Waals surface area contributed by atoms with Gasteiger partial charge in [0.15, 0.2) is 9.84 Å². The van der Waals surface area contributed by atoms with Gasteiger partial charge in [0.1, 0.15) is 5.75 Å². The molecule has 1 N–H and O–H groups in total. The predicted octanol–water partition coefficient (Wildman–Crippen LogP) is 1.56. The van der Waals surface area contributed by atoms with Crippen LogP contribution in [0.3, 0.4) is 0 Å². The first-order valence-corrected chi connectivity index (χ1v) is 5.78. The Morgan fingerprint density at radius 3 is 2.42 bits per heavy atom. The number of hydrogen-bond donors (Lipinski definition) is 1. The van der Waals surface area contributed by atoms with Crippen LogP contribution in [0.4, 0.5) is 0 Å². The van der Waals surface area contributed by atoms with Crippen LogP contribution in [0.5, 0.6) is 5.75 Å². The van der Waals surface area contributed by atoms with Gasteiger partial charge in [0.05, 0.1) is 9.37 Å². The highest BCUT2D eigenvalue weighted by atomic mass is 79.9. The lowest BCUT2D eigenvalue weighted by atomic mass is 10.3. The van der Waals surface area contributed by atoms with E-state index in [9.17, 15) is 8.42 Å². The van der Waals surface area contributed by atoms with Crippen LogP contribution in [-0.4, -0.2) is 19.8 Å². The molecule has 3 nitrogen and oxygen atoms in total. The fourth-order valence-electron chi connectivity index (χ4n) is 0.723. The van der Waals surface area contributed by atoms with Gasteiger partial charge >= 0.3 is 0 Å². The smallest absolute Gasteiger partial charge is 0.175 e. The van der Waals surface area contributed by atoms with Crippen molar-refractivity contribution in [1.82, 2.24) is 0 Å². The molecule has 1 rings (SSSR count). The summed E-state index contributed by atoms with van der Waals surface area (Å²) >= 11 is 3.05. The fourth-order valence-corrected chi connectivity index (χ4v) is 1.61. The number of halogens is 1. The van der Waals surface area contributed by atoms with Crippen molar-refractivity contribution in [2.24, 2.45) is 0 Å². The van der Waals surface area contributed by atoms with Crippen molar-refractivity contribution in [3.05, 3.63) is 22.7 Å². The molecule has 66 valence electrons. The van der Waals surface area contributed by atoms with E-state index < -0.39 is 9.84 Å². The molecule has 0 saturated heterocycles. The Labute approximate surface area is 79.1 Å². The molecule has 0 aliphatic rings. The molecule has 5 heteroatoms. The number of benzene rings is 1. The molecule has 1 aromatic carbocycles. The third-order valence-electron chi connectivity index (χ3n) is 1.35. The average molecular weight is 251 g/mol. The van der Waals surface area contributed by atoms with Crippen molar-refractivity contribution in [2.75, 3.05) is 6.26 Å². The van der Waals surface area contributed by atoms with Gasteiger partial charge < -0.3 is 5.11 Å². The Balaban J connectivity index is 3.33. The number of hydrogen-bond acceptors (Lipinski definition) is 3. The van der Waals surface area contributed by atoms with Gasteiger partial charge in [-0.2, -0.15) is 0 Å². The Morgan fingerprint density at radius 2 is 2.00 bits per heavy atom. The first kappa shape index (κ1) is 9.54. The van der Waals surface area contributed by atoms with E-state index in [4.69, 9.17) is 5.11 Å². The van der Waals surface area contributed by atoms with Crippen LogP contribution < -0.4 is 0 Å². The minimum atomic E-state index is -3.22. The molecule has 0 aromatic heterocycles. The highest BCUT2D eigenvalue weighted by Gasteiger charge is 2.08. The second-order valence-electron chi connectivity index (χ2n) is 2.39. The number of sulfone groups is 1. The lowest BCUT2D eigenvalue weighted by Crippen LogP contribution is -1.95. The van der Waals surface area contributed by atoms with E-state index in [0.717, 1.165) is 6.26 Å². The summed E-state index contributed by atoms with van der Waals surface area (Å²) in [6, 6.07) is 4.13. The summed E-state index contributed by atoms with van der Waals surface area (Å²) in [6.07, 6.45) is 1.09. The second-order valence-corrected chi connectivity index (χ2v) is 5.26. The molecule has 12 heavy (non-hydrogen) atoms. The first-order chi connectivity index (χ1) is 5.41. The van der Waals surface area contributed by atoms with Gasteiger partial charge in [-0.1, -0.05) is 0 Å². The van der Waals surface area contributed by atoms with Gasteiger partial charge in [-0.3, -0.25) is 0 Å². The third-order valence-corrected chi connectivity index (χ3v) is 3.13. The van der Waals surface area contributed by atoms with Crippen molar-refractivity contribution in [2.45, 2.75) is 4.90 Å². The molecule has 0 heterocycles. The van der Waals surface area contributed by atoms with Crippen molar-refractivity contribution in [3.63, 3.8) is 0 Å².